The summed E-state index contributed by atoms with van der Waals surface area (Å²) in [5.74, 6) is -5.48. The average Bonchev–Trinajstić information content (AvgIpc) is 3.28. The van der Waals surface area contributed by atoms with Gasteiger partial charge in [0.1, 0.15) is 18.5 Å². The summed E-state index contributed by atoms with van der Waals surface area (Å²) in [7, 11) is 0. The van der Waals surface area contributed by atoms with Crippen molar-refractivity contribution < 1.29 is 39.1 Å². The molecule has 3 aromatic carbocycles. The van der Waals surface area contributed by atoms with Crippen LogP contribution in [0.15, 0.2) is 72.8 Å². The number of benzene rings is 3. The van der Waals surface area contributed by atoms with Crippen molar-refractivity contribution in [1.29, 1.82) is 0 Å². The van der Waals surface area contributed by atoms with Crippen LogP contribution < -0.4 is 19.5 Å². The van der Waals surface area contributed by atoms with Crippen molar-refractivity contribution in [3.63, 3.8) is 0 Å². The van der Waals surface area contributed by atoms with Crippen molar-refractivity contribution in [2.45, 2.75) is 31.3 Å². The lowest BCUT2D eigenvalue weighted by Gasteiger charge is -2.19. The Labute approximate surface area is 207 Å². The van der Waals surface area contributed by atoms with Gasteiger partial charge >= 0.3 is 17.7 Å². The minimum absolute atomic E-state index is 0.0486. The van der Waals surface area contributed by atoms with Gasteiger partial charge in [0.2, 0.25) is 0 Å². The van der Waals surface area contributed by atoms with E-state index in [2.05, 4.69) is 5.32 Å². The minimum Gasteiger partial charge on any atom is -0.490 e. The fourth-order valence-corrected chi connectivity index (χ4v) is 3.90. The summed E-state index contributed by atoms with van der Waals surface area (Å²) in [4.78, 5) is 22.8. The van der Waals surface area contributed by atoms with E-state index in [0.717, 1.165) is 16.7 Å². The van der Waals surface area contributed by atoms with Crippen LogP contribution >= 0.6 is 0 Å². The molecule has 2 atom stereocenters. The molecule has 0 amide bonds. The van der Waals surface area contributed by atoms with Crippen molar-refractivity contribution in [3.05, 3.63) is 78.4 Å². The van der Waals surface area contributed by atoms with Crippen LogP contribution in [0.1, 0.15) is 12.5 Å². The van der Waals surface area contributed by atoms with Crippen LogP contribution in [0.4, 0.5) is 0 Å². The van der Waals surface area contributed by atoms with E-state index in [1.54, 1.807) is 12.1 Å². The molecule has 0 unspecified atom stereocenters. The highest BCUT2D eigenvalue weighted by Gasteiger charge is 2.57. The molecule has 188 valence electrons. The zero-order valence-corrected chi connectivity index (χ0v) is 19.6. The molecule has 0 radical (unpaired) electrons. The van der Waals surface area contributed by atoms with E-state index in [1.165, 1.54) is 6.07 Å². The molecule has 4 rings (SSSR count). The van der Waals surface area contributed by atoms with E-state index in [-0.39, 0.29) is 24.1 Å². The van der Waals surface area contributed by atoms with Crippen LogP contribution in [0.5, 0.6) is 17.2 Å². The van der Waals surface area contributed by atoms with Crippen LogP contribution in [0.2, 0.25) is 0 Å². The second-order valence-corrected chi connectivity index (χ2v) is 8.55. The highest BCUT2D eigenvalue weighted by molar-refractivity contribution is 6.01. The number of hydrogen-bond donors (Lipinski definition) is 4. The van der Waals surface area contributed by atoms with Crippen molar-refractivity contribution in [1.82, 2.24) is 5.32 Å². The number of aliphatic hydroxyl groups excluding tert-OH is 1. The van der Waals surface area contributed by atoms with Gasteiger partial charge in [-0.3, -0.25) is 0 Å². The van der Waals surface area contributed by atoms with Gasteiger partial charge in [0, 0.05) is 18.2 Å². The van der Waals surface area contributed by atoms with Gasteiger partial charge in [0.05, 0.1) is 0 Å². The average molecular weight is 494 g/mol. The zero-order chi connectivity index (χ0) is 25.7. The number of fused-ring (bicyclic) bond motifs is 1. The monoisotopic (exact) mass is 493 g/mol. The quantitative estimate of drug-likeness (QED) is 0.297. The van der Waals surface area contributed by atoms with E-state index in [4.69, 9.17) is 14.2 Å². The Morgan fingerprint density at radius 2 is 1.61 bits per heavy atom. The van der Waals surface area contributed by atoms with Crippen molar-refractivity contribution in [3.8, 4) is 28.4 Å². The lowest BCUT2D eigenvalue weighted by atomic mass is 10.0. The summed E-state index contributed by atoms with van der Waals surface area (Å²) >= 11 is 0. The third kappa shape index (κ3) is 5.42. The largest absolute Gasteiger partial charge is 0.490 e. The maximum atomic E-state index is 11.4. The second-order valence-electron chi connectivity index (χ2n) is 8.55. The predicted octanol–water partition coefficient (Wildman–Crippen LogP) is 2.95. The number of hydrogen-bond acceptors (Lipinski definition) is 7. The van der Waals surface area contributed by atoms with Crippen molar-refractivity contribution in [2.75, 3.05) is 13.2 Å². The van der Waals surface area contributed by atoms with Gasteiger partial charge in [-0.05, 0) is 42.7 Å². The van der Waals surface area contributed by atoms with Crippen LogP contribution in [0.25, 0.3) is 11.1 Å². The molecular formula is C27H27NO8. The first-order valence-corrected chi connectivity index (χ1v) is 11.4. The molecule has 0 aliphatic carbocycles. The Hall–Kier alpha value is -4.08. The Bertz CT molecular complexity index is 1220. The fraction of sp³-hybridized carbons (Fsp3) is 0.259. The summed E-state index contributed by atoms with van der Waals surface area (Å²) < 4.78 is 16.1. The molecule has 0 saturated carbocycles. The molecule has 1 heterocycles. The molecule has 36 heavy (non-hydrogen) atoms. The smallest absolute Gasteiger partial charge is 0.453 e. The van der Waals surface area contributed by atoms with Gasteiger partial charge in [0.25, 0.3) is 0 Å². The number of carbonyl (C=O) groups is 2. The van der Waals surface area contributed by atoms with Crippen LogP contribution in [-0.2, 0) is 16.0 Å². The molecule has 3 aromatic rings. The molecule has 0 bridgehead atoms. The second kappa shape index (κ2) is 10.7. The molecule has 0 saturated heterocycles. The van der Waals surface area contributed by atoms with Crippen LogP contribution in [-0.4, -0.2) is 58.3 Å². The molecular weight excluding hydrogens is 466 g/mol. The third-order valence-electron chi connectivity index (χ3n) is 5.73. The van der Waals surface area contributed by atoms with Crippen molar-refractivity contribution >= 4 is 11.9 Å². The van der Waals surface area contributed by atoms with Gasteiger partial charge in [-0.25, -0.2) is 9.59 Å². The number of rotatable bonds is 11. The van der Waals surface area contributed by atoms with Crippen molar-refractivity contribution in [2.24, 2.45) is 0 Å². The lowest BCUT2D eigenvalue weighted by molar-refractivity contribution is -0.194. The molecule has 0 fully saturated rings. The van der Waals surface area contributed by atoms with Gasteiger partial charge in [0.15, 0.2) is 11.5 Å². The standard InChI is InChI=1S/C27H27NO8/c1-17(13-18-11-12-23-24(14-18)36-27(35-23,25(30)31)26(32)33)28-15-20(29)16-34-22-10-6-5-9-21(22)19-7-3-2-4-8-19/h2-12,14,17,20,28-29H,13,15-16H2,1H3,(H,30,31)(H,32,33)/t17-,20-/m0/s1. The molecule has 1 aliphatic heterocycles. The number of aliphatic hydroxyl groups is 1. The van der Waals surface area contributed by atoms with E-state index in [9.17, 15) is 24.9 Å². The SMILES string of the molecule is C[C@@H](Cc1ccc2c(c1)OC(C(=O)O)(C(=O)O)O2)NC[C@H](O)COc1ccccc1-c1ccccc1. The number of carboxylic acids is 2. The number of ether oxygens (including phenoxy) is 3. The lowest BCUT2D eigenvalue weighted by Crippen LogP contribution is -2.54. The first-order valence-electron chi connectivity index (χ1n) is 11.4. The number of carboxylic acid groups (broad SMARTS) is 2. The summed E-state index contributed by atoms with van der Waals surface area (Å²) in [6, 6.07) is 22.2. The number of para-hydroxylation sites is 1. The highest BCUT2D eigenvalue weighted by Crippen LogP contribution is 2.40. The number of nitrogens with one attached hydrogen (secondary N) is 1. The Morgan fingerprint density at radius 3 is 2.33 bits per heavy atom. The first kappa shape index (κ1) is 25.0. The summed E-state index contributed by atoms with van der Waals surface area (Å²) in [6.07, 6.45) is -0.228. The summed E-state index contributed by atoms with van der Waals surface area (Å²) in [5, 5.41) is 32.2. The maximum absolute atomic E-state index is 11.4. The van der Waals surface area contributed by atoms with Gasteiger partial charge in [-0.15, -0.1) is 0 Å². The zero-order valence-electron chi connectivity index (χ0n) is 19.6. The van der Waals surface area contributed by atoms with E-state index < -0.39 is 23.8 Å². The molecule has 0 aromatic heterocycles. The van der Waals surface area contributed by atoms with Crippen LogP contribution in [0.3, 0.4) is 0 Å². The predicted molar refractivity (Wildman–Crippen MR) is 130 cm³/mol. The molecule has 1 aliphatic rings. The van der Waals surface area contributed by atoms with Gasteiger partial charge < -0.3 is 34.8 Å². The number of aliphatic carboxylic acids is 2. The minimum atomic E-state index is -2.78. The Kier molecular flexibility index (Phi) is 7.42. The molecule has 9 heteroatoms. The molecule has 4 N–H and O–H groups in total. The van der Waals surface area contributed by atoms with Gasteiger partial charge in [-0.1, -0.05) is 54.6 Å². The Balaban J connectivity index is 1.29. The fourth-order valence-electron chi connectivity index (χ4n) is 3.90. The summed E-state index contributed by atoms with van der Waals surface area (Å²) in [6.45, 7) is 2.34. The Morgan fingerprint density at radius 1 is 0.944 bits per heavy atom. The summed E-state index contributed by atoms with van der Waals surface area (Å²) in [5.41, 5.74) is 2.76. The topological polar surface area (TPSA) is 135 Å². The van der Waals surface area contributed by atoms with Crippen LogP contribution in [0, 0.1) is 0 Å². The third-order valence-corrected chi connectivity index (χ3v) is 5.73. The molecule has 9 nitrogen and oxygen atoms in total. The van der Waals surface area contributed by atoms with E-state index in [0.29, 0.717) is 18.7 Å². The highest BCUT2D eigenvalue weighted by atomic mass is 16.8. The maximum Gasteiger partial charge on any atom is 0.453 e. The molecule has 0 spiro atoms. The first-order chi connectivity index (χ1) is 17.3. The normalized spacial score (nSPS) is 15.2. The van der Waals surface area contributed by atoms with Gasteiger partial charge in [-0.2, -0.15) is 0 Å². The van der Waals surface area contributed by atoms with E-state index in [1.807, 2.05) is 61.5 Å². The van der Waals surface area contributed by atoms with E-state index >= 15 is 0 Å².